The highest BCUT2D eigenvalue weighted by atomic mass is 79.9. The number of nitrogens with zero attached hydrogens (tertiary/aromatic N) is 1. The Morgan fingerprint density at radius 2 is 1.91 bits per heavy atom. The number of imide groups is 1. The van der Waals surface area contributed by atoms with Crippen molar-refractivity contribution >= 4 is 43.7 Å². The lowest BCUT2D eigenvalue weighted by molar-refractivity contribution is 0.219. The third kappa shape index (κ3) is 5.64. The summed E-state index contributed by atoms with van der Waals surface area (Å²) in [5.74, 6) is 0. The number of nitrogens with one attached hydrogen (secondary N) is 2. The van der Waals surface area contributed by atoms with Crippen molar-refractivity contribution < 1.29 is 18.0 Å². The maximum atomic E-state index is 11.9. The highest BCUT2D eigenvalue weighted by molar-refractivity contribution is 9.10. The molecule has 0 radical (unpaired) electrons. The number of para-hydroxylation sites is 1. The van der Waals surface area contributed by atoms with Crippen LogP contribution >= 0.6 is 15.9 Å². The molecule has 2 N–H and O–H groups in total. The maximum Gasteiger partial charge on any atom is 0.339 e. The van der Waals surface area contributed by atoms with Gasteiger partial charge in [-0.15, -0.1) is 0 Å². The van der Waals surface area contributed by atoms with Gasteiger partial charge in [0.05, 0.1) is 11.9 Å². The lowest BCUT2D eigenvalue weighted by Gasteiger charge is -2.20. The van der Waals surface area contributed by atoms with Crippen LogP contribution < -0.4 is 10.6 Å². The molecule has 0 aliphatic carbocycles. The average Bonchev–Trinajstić information content (AvgIpc) is 2.40. The van der Waals surface area contributed by atoms with Gasteiger partial charge in [-0.3, -0.25) is 5.32 Å². The molecule has 1 aromatic rings. The lowest BCUT2D eigenvalue weighted by atomic mass is 10.3. The fraction of sp³-hybridized carbons (Fsp3) is 0.385. The van der Waals surface area contributed by atoms with Crippen LogP contribution in [0.25, 0.3) is 0 Å². The monoisotopic (exact) mass is 391 g/mol. The fourth-order valence-corrected chi connectivity index (χ4v) is 2.79. The number of hydrogen-bond donors (Lipinski definition) is 2. The molecule has 0 unspecified atom stereocenters. The second-order valence-electron chi connectivity index (χ2n) is 4.55. The van der Waals surface area contributed by atoms with Crippen molar-refractivity contribution in [2.24, 2.45) is 0 Å². The molecule has 0 spiro atoms. The van der Waals surface area contributed by atoms with E-state index in [2.05, 4.69) is 21.2 Å². The van der Waals surface area contributed by atoms with Gasteiger partial charge in [0.15, 0.2) is 0 Å². The molecule has 0 bridgehead atoms. The second-order valence-corrected chi connectivity index (χ2v) is 7.31. The predicted molar refractivity (Wildman–Crippen MR) is 88.2 cm³/mol. The van der Waals surface area contributed by atoms with Gasteiger partial charge in [-0.1, -0.05) is 25.5 Å². The van der Waals surface area contributed by atoms with E-state index in [-0.39, 0.29) is 6.54 Å². The van der Waals surface area contributed by atoms with Gasteiger partial charge >= 0.3 is 12.1 Å². The lowest BCUT2D eigenvalue weighted by Crippen LogP contribution is -2.47. The first-order chi connectivity index (χ1) is 10.3. The molecule has 0 saturated heterocycles. The molecule has 0 heterocycles. The van der Waals surface area contributed by atoms with Crippen molar-refractivity contribution in [3.05, 3.63) is 28.7 Å². The fourth-order valence-electron chi connectivity index (χ4n) is 1.60. The molecule has 122 valence electrons. The number of carbonyl (C=O) groups is 2. The molecule has 0 aromatic heterocycles. The Morgan fingerprint density at radius 3 is 2.45 bits per heavy atom. The molecule has 1 rings (SSSR count). The molecule has 4 amide bonds. The summed E-state index contributed by atoms with van der Waals surface area (Å²) in [7, 11) is -3.73. The topological polar surface area (TPSA) is 95.6 Å². The zero-order valence-corrected chi connectivity index (χ0v) is 14.7. The molecule has 0 aliphatic rings. The van der Waals surface area contributed by atoms with E-state index in [4.69, 9.17) is 0 Å². The molecule has 0 atom stereocenters. The molecule has 1 aromatic carbocycles. The number of unbranched alkanes of at least 4 members (excludes halogenated alkanes) is 1. The molecule has 7 nitrogen and oxygen atoms in total. The number of hydrogen-bond acceptors (Lipinski definition) is 4. The van der Waals surface area contributed by atoms with Gasteiger partial charge in [-0.05, 0) is 34.5 Å². The summed E-state index contributed by atoms with van der Waals surface area (Å²) in [5.41, 5.74) is 0.465. The number of carbonyl (C=O) groups excluding carboxylic acids is 2. The van der Waals surface area contributed by atoms with Crippen LogP contribution in [0.3, 0.4) is 0 Å². The normalized spacial score (nSPS) is 10.9. The number of benzene rings is 1. The SMILES string of the molecule is CCCCN(C(=O)NC(=O)Nc1ccccc1Br)S(C)(=O)=O. The van der Waals surface area contributed by atoms with E-state index < -0.39 is 22.1 Å². The summed E-state index contributed by atoms with van der Waals surface area (Å²) in [6.07, 6.45) is 2.17. The average molecular weight is 392 g/mol. The van der Waals surface area contributed by atoms with Crippen molar-refractivity contribution in [3.8, 4) is 0 Å². The summed E-state index contributed by atoms with van der Waals surface area (Å²) in [6.45, 7) is 1.90. The van der Waals surface area contributed by atoms with Crippen LogP contribution in [0, 0.1) is 0 Å². The van der Waals surface area contributed by atoms with E-state index in [1.165, 1.54) is 0 Å². The van der Waals surface area contributed by atoms with Crippen LogP contribution in [-0.2, 0) is 10.0 Å². The van der Waals surface area contributed by atoms with Crippen molar-refractivity contribution in [1.29, 1.82) is 0 Å². The number of anilines is 1. The number of urea groups is 2. The molecule has 9 heteroatoms. The van der Waals surface area contributed by atoms with Gasteiger partial charge in [0.1, 0.15) is 0 Å². The van der Waals surface area contributed by atoms with Crippen molar-refractivity contribution in [1.82, 2.24) is 9.62 Å². The van der Waals surface area contributed by atoms with Crippen molar-refractivity contribution in [3.63, 3.8) is 0 Å². The molecule has 0 saturated carbocycles. The Hall–Kier alpha value is -1.61. The molecule has 22 heavy (non-hydrogen) atoms. The summed E-state index contributed by atoms with van der Waals surface area (Å²) in [6, 6.07) is 5.07. The third-order valence-corrected chi connectivity index (χ3v) is 4.52. The van der Waals surface area contributed by atoms with E-state index in [0.29, 0.717) is 20.9 Å². The maximum absolute atomic E-state index is 11.9. The van der Waals surface area contributed by atoms with Crippen molar-refractivity contribution in [2.45, 2.75) is 19.8 Å². The van der Waals surface area contributed by atoms with E-state index in [0.717, 1.165) is 12.7 Å². The number of sulfonamides is 1. The molecule has 0 aliphatic heterocycles. The zero-order chi connectivity index (χ0) is 16.8. The third-order valence-electron chi connectivity index (χ3n) is 2.68. The summed E-state index contributed by atoms with van der Waals surface area (Å²) in [4.78, 5) is 23.7. The minimum Gasteiger partial charge on any atom is -0.306 e. The zero-order valence-electron chi connectivity index (χ0n) is 12.3. The minimum atomic E-state index is -3.73. The molecule has 0 fully saturated rings. The minimum absolute atomic E-state index is 0.0312. The van der Waals surface area contributed by atoms with Gasteiger partial charge in [0, 0.05) is 11.0 Å². The molecular formula is C13H18BrN3O4S. The second kappa shape index (κ2) is 8.14. The Kier molecular flexibility index (Phi) is 6.82. The van der Waals surface area contributed by atoms with Crippen molar-refractivity contribution in [2.75, 3.05) is 18.1 Å². The Morgan fingerprint density at radius 1 is 1.27 bits per heavy atom. The van der Waals surface area contributed by atoms with E-state index in [9.17, 15) is 18.0 Å². The van der Waals surface area contributed by atoms with Crippen LogP contribution in [0.4, 0.5) is 15.3 Å². The highest BCUT2D eigenvalue weighted by Crippen LogP contribution is 2.20. The van der Waals surface area contributed by atoms with E-state index in [1.54, 1.807) is 24.3 Å². The van der Waals surface area contributed by atoms with Gasteiger partial charge in [0.25, 0.3) is 0 Å². The van der Waals surface area contributed by atoms with Crippen LogP contribution in [0.1, 0.15) is 19.8 Å². The largest absolute Gasteiger partial charge is 0.339 e. The summed E-state index contributed by atoms with van der Waals surface area (Å²) >= 11 is 3.25. The van der Waals surface area contributed by atoms with Crippen LogP contribution in [0.5, 0.6) is 0 Å². The first kappa shape index (κ1) is 18.4. The molecular weight excluding hydrogens is 374 g/mol. The van der Waals surface area contributed by atoms with Gasteiger partial charge in [0.2, 0.25) is 10.0 Å². The highest BCUT2D eigenvalue weighted by Gasteiger charge is 2.24. The Labute approximate surface area is 138 Å². The van der Waals surface area contributed by atoms with Crippen LogP contribution in [0.15, 0.2) is 28.7 Å². The Balaban J connectivity index is 2.73. The summed E-state index contributed by atoms with van der Waals surface area (Å²) < 4.78 is 24.5. The number of halogens is 1. The smallest absolute Gasteiger partial charge is 0.306 e. The van der Waals surface area contributed by atoms with Crippen LogP contribution in [0.2, 0.25) is 0 Å². The van der Waals surface area contributed by atoms with E-state index >= 15 is 0 Å². The first-order valence-corrected chi connectivity index (χ1v) is 9.24. The predicted octanol–water partition coefficient (Wildman–Crippen LogP) is 2.75. The van der Waals surface area contributed by atoms with Gasteiger partial charge < -0.3 is 5.32 Å². The van der Waals surface area contributed by atoms with Gasteiger partial charge in [-0.25, -0.2) is 22.3 Å². The van der Waals surface area contributed by atoms with Gasteiger partial charge in [-0.2, -0.15) is 0 Å². The summed E-state index contributed by atoms with van der Waals surface area (Å²) in [5, 5.41) is 4.47. The quantitative estimate of drug-likeness (QED) is 0.806. The van der Waals surface area contributed by atoms with E-state index in [1.807, 2.05) is 12.2 Å². The Bertz CT molecular complexity index is 648. The standard InChI is InChI=1S/C13H18BrN3O4S/c1-3-4-9-17(22(2,20)21)13(19)16-12(18)15-11-8-6-5-7-10(11)14/h5-8H,3-4,9H2,1-2H3,(H2,15,16,18,19). The van der Waals surface area contributed by atoms with Crippen LogP contribution in [-0.4, -0.2) is 37.6 Å². The first-order valence-electron chi connectivity index (χ1n) is 6.60. The number of rotatable bonds is 5. The number of amides is 4.